The molecule has 3 aliphatic rings. The third-order valence-electron chi connectivity index (χ3n) is 7.18. The highest BCUT2D eigenvalue weighted by atomic mass is 16.5. The molecule has 1 heterocycles. The standard InChI is InChI=1S/C20H29NO2/c1-21-12-11-20(10-9-19(7-4-8-19)14-18(20)21)15-5-6-16(22-2)17(13-15)23-3/h5-6,13,18H,4,7-12,14H2,1-3H3/t18-,20-/m0/s1. The monoisotopic (exact) mass is 315 g/mol. The van der Waals surface area contributed by atoms with E-state index < -0.39 is 0 Å². The number of hydrogen-bond acceptors (Lipinski definition) is 3. The fourth-order valence-corrected chi connectivity index (χ4v) is 5.52. The molecule has 3 nitrogen and oxygen atoms in total. The number of methoxy groups -OCH3 is 2. The van der Waals surface area contributed by atoms with Crippen LogP contribution < -0.4 is 9.47 Å². The Morgan fingerprint density at radius 1 is 1.00 bits per heavy atom. The minimum Gasteiger partial charge on any atom is -0.493 e. The summed E-state index contributed by atoms with van der Waals surface area (Å²) in [6.07, 6.45) is 9.76. The molecule has 3 heteroatoms. The minimum atomic E-state index is 0.315. The van der Waals surface area contributed by atoms with E-state index in [0.29, 0.717) is 16.9 Å². The van der Waals surface area contributed by atoms with Crippen LogP contribution in [0.2, 0.25) is 0 Å². The Kier molecular flexibility index (Phi) is 3.60. The van der Waals surface area contributed by atoms with Crippen LogP contribution in [0.15, 0.2) is 18.2 Å². The Morgan fingerprint density at radius 2 is 1.78 bits per heavy atom. The quantitative estimate of drug-likeness (QED) is 0.841. The predicted octanol–water partition coefficient (Wildman–Crippen LogP) is 4.00. The molecule has 1 spiro atoms. The van der Waals surface area contributed by atoms with Crippen LogP contribution in [0.4, 0.5) is 0 Å². The summed E-state index contributed by atoms with van der Waals surface area (Å²) >= 11 is 0. The van der Waals surface area contributed by atoms with E-state index in [2.05, 4.69) is 30.1 Å². The number of likely N-dealkylation sites (N-methyl/N-ethyl adjacent to an activating group) is 1. The molecule has 126 valence electrons. The molecule has 0 aromatic heterocycles. The fraction of sp³-hybridized carbons (Fsp3) is 0.700. The van der Waals surface area contributed by atoms with E-state index in [1.807, 2.05) is 0 Å². The van der Waals surface area contributed by atoms with Crippen LogP contribution in [0.5, 0.6) is 11.5 Å². The fourth-order valence-electron chi connectivity index (χ4n) is 5.52. The van der Waals surface area contributed by atoms with E-state index in [0.717, 1.165) is 11.5 Å². The van der Waals surface area contributed by atoms with Crippen LogP contribution in [0, 0.1) is 5.41 Å². The Labute approximate surface area is 140 Å². The van der Waals surface area contributed by atoms with Gasteiger partial charge in [-0.15, -0.1) is 0 Å². The summed E-state index contributed by atoms with van der Waals surface area (Å²) in [6.45, 7) is 1.22. The number of fused-ring (bicyclic) bond motifs is 1. The predicted molar refractivity (Wildman–Crippen MR) is 92.4 cm³/mol. The van der Waals surface area contributed by atoms with Crippen LogP contribution in [-0.2, 0) is 5.41 Å². The summed E-state index contributed by atoms with van der Waals surface area (Å²) in [6, 6.07) is 7.30. The Balaban J connectivity index is 1.71. The van der Waals surface area contributed by atoms with E-state index in [1.54, 1.807) is 14.2 Å². The lowest BCUT2D eigenvalue weighted by Crippen LogP contribution is -2.51. The molecule has 1 aromatic carbocycles. The molecule has 0 radical (unpaired) electrons. The van der Waals surface area contributed by atoms with Crippen molar-refractivity contribution in [2.45, 2.75) is 56.4 Å². The molecule has 0 amide bonds. The molecule has 1 aliphatic heterocycles. The summed E-state index contributed by atoms with van der Waals surface area (Å²) in [7, 11) is 5.77. The molecule has 2 saturated carbocycles. The van der Waals surface area contributed by atoms with Gasteiger partial charge in [-0.25, -0.2) is 0 Å². The maximum Gasteiger partial charge on any atom is 0.161 e. The SMILES string of the molecule is COc1ccc([C@]23CCN(C)[C@H]2CC2(CCC2)CC3)cc1OC. The van der Waals surface area contributed by atoms with E-state index in [1.165, 1.54) is 57.1 Å². The number of likely N-dealkylation sites (tertiary alicyclic amines) is 1. The van der Waals surface area contributed by atoms with Gasteiger partial charge < -0.3 is 14.4 Å². The van der Waals surface area contributed by atoms with Gasteiger partial charge in [0.05, 0.1) is 14.2 Å². The molecule has 0 unspecified atom stereocenters. The zero-order valence-electron chi connectivity index (χ0n) is 14.7. The first-order chi connectivity index (χ1) is 11.1. The van der Waals surface area contributed by atoms with E-state index in [-0.39, 0.29) is 0 Å². The average Bonchev–Trinajstić information content (AvgIpc) is 2.90. The van der Waals surface area contributed by atoms with Crippen molar-refractivity contribution >= 4 is 0 Å². The van der Waals surface area contributed by atoms with Crippen molar-refractivity contribution < 1.29 is 9.47 Å². The second-order valence-corrected chi connectivity index (χ2v) is 8.03. The van der Waals surface area contributed by atoms with Gasteiger partial charge in [0.25, 0.3) is 0 Å². The van der Waals surface area contributed by atoms with E-state index >= 15 is 0 Å². The lowest BCUT2D eigenvalue weighted by atomic mass is 9.52. The number of nitrogens with zero attached hydrogens (tertiary/aromatic N) is 1. The number of benzene rings is 1. The molecule has 2 aliphatic carbocycles. The molecular weight excluding hydrogens is 286 g/mol. The van der Waals surface area contributed by atoms with Gasteiger partial charge in [0.2, 0.25) is 0 Å². The van der Waals surface area contributed by atoms with Crippen LogP contribution in [0.1, 0.15) is 50.5 Å². The van der Waals surface area contributed by atoms with Crippen molar-refractivity contribution in [1.29, 1.82) is 0 Å². The van der Waals surface area contributed by atoms with Gasteiger partial charge in [-0.2, -0.15) is 0 Å². The zero-order valence-corrected chi connectivity index (χ0v) is 14.7. The number of ether oxygens (including phenoxy) is 2. The molecule has 0 bridgehead atoms. The second-order valence-electron chi connectivity index (χ2n) is 8.03. The van der Waals surface area contributed by atoms with Crippen molar-refractivity contribution in [1.82, 2.24) is 4.90 Å². The lowest BCUT2D eigenvalue weighted by Gasteiger charge is -2.54. The van der Waals surface area contributed by atoms with Gasteiger partial charge in [-0.3, -0.25) is 0 Å². The van der Waals surface area contributed by atoms with Crippen LogP contribution in [0.3, 0.4) is 0 Å². The molecule has 23 heavy (non-hydrogen) atoms. The van der Waals surface area contributed by atoms with Crippen LogP contribution in [-0.4, -0.2) is 38.8 Å². The van der Waals surface area contributed by atoms with Gasteiger partial charge in [-0.1, -0.05) is 12.5 Å². The highest BCUT2D eigenvalue weighted by Crippen LogP contribution is 2.60. The summed E-state index contributed by atoms with van der Waals surface area (Å²) in [5.74, 6) is 1.71. The number of rotatable bonds is 3. The highest BCUT2D eigenvalue weighted by Gasteiger charge is 2.55. The Morgan fingerprint density at radius 3 is 2.43 bits per heavy atom. The topological polar surface area (TPSA) is 21.7 Å². The molecule has 3 fully saturated rings. The number of hydrogen-bond donors (Lipinski definition) is 0. The lowest BCUT2D eigenvalue weighted by molar-refractivity contribution is 0.00795. The summed E-state index contributed by atoms with van der Waals surface area (Å²) < 4.78 is 11.0. The molecular formula is C20H29NO2. The molecule has 1 aromatic rings. The van der Waals surface area contributed by atoms with Crippen molar-refractivity contribution in [3.63, 3.8) is 0 Å². The van der Waals surface area contributed by atoms with E-state index in [9.17, 15) is 0 Å². The third kappa shape index (κ3) is 2.20. The van der Waals surface area contributed by atoms with Gasteiger partial charge in [0.1, 0.15) is 0 Å². The van der Waals surface area contributed by atoms with Crippen LogP contribution in [0.25, 0.3) is 0 Å². The third-order valence-corrected chi connectivity index (χ3v) is 7.18. The normalized spacial score (nSPS) is 32.4. The van der Waals surface area contributed by atoms with Crippen molar-refractivity contribution in [2.24, 2.45) is 5.41 Å². The smallest absolute Gasteiger partial charge is 0.161 e. The first-order valence-corrected chi connectivity index (χ1v) is 9.05. The van der Waals surface area contributed by atoms with Gasteiger partial charge in [0, 0.05) is 11.5 Å². The van der Waals surface area contributed by atoms with Crippen molar-refractivity contribution in [3.8, 4) is 11.5 Å². The summed E-state index contributed by atoms with van der Waals surface area (Å²) in [5, 5.41) is 0. The first-order valence-electron chi connectivity index (χ1n) is 9.05. The largest absolute Gasteiger partial charge is 0.493 e. The highest BCUT2D eigenvalue weighted by molar-refractivity contribution is 5.46. The van der Waals surface area contributed by atoms with Crippen molar-refractivity contribution in [3.05, 3.63) is 23.8 Å². The second kappa shape index (κ2) is 5.41. The molecule has 4 rings (SSSR count). The van der Waals surface area contributed by atoms with E-state index in [4.69, 9.17) is 9.47 Å². The maximum absolute atomic E-state index is 5.57. The minimum absolute atomic E-state index is 0.315. The zero-order chi connectivity index (χ0) is 16.1. The Bertz CT molecular complexity index is 595. The Hall–Kier alpha value is -1.22. The van der Waals surface area contributed by atoms with Gasteiger partial charge in [0.15, 0.2) is 11.5 Å². The maximum atomic E-state index is 5.57. The van der Waals surface area contributed by atoms with Crippen LogP contribution >= 0.6 is 0 Å². The molecule has 2 atom stereocenters. The molecule has 0 N–H and O–H groups in total. The summed E-state index contributed by atoms with van der Waals surface area (Å²) in [4.78, 5) is 2.62. The average molecular weight is 315 g/mol. The molecule has 1 saturated heterocycles. The van der Waals surface area contributed by atoms with Crippen molar-refractivity contribution in [2.75, 3.05) is 27.8 Å². The van der Waals surface area contributed by atoms with Gasteiger partial charge in [-0.05, 0) is 75.2 Å². The summed E-state index contributed by atoms with van der Waals surface area (Å²) in [5.41, 5.74) is 2.44. The first kappa shape index (κ1) is 15.3. The van der Waals surface area contributed by atoms with Gasteiger partial charge >= 0.3 is 0 Å².